The molecule has 0 radical (unpaired) electrons. The SMILES string of the molecule is CC(C)CCOc1ccc(C(=O)NC(C)(C)c2nccs2)cc1. The van der Waals surface area contributed by atoms with Gasteiger partial charge in [-0.05, 0) is 50.5 Å². The van der Waals surface area contributed by atoms with E-state index in [2.05, 4.69) is 24.1 Å². The third-order valence-electron chi connectivity index (χ3n) is 3.47. The van der Waals surface area contributed by atoms with Crippen molar-refractivity contribution in [3.8, 4) is 5.75 Å². The Morgan fingerprint density at radius 1 is 1.30 bits per heavy atom. The first kappa shape index (κ1) is 17.5. The number of rotatable bonds is 7. The van der Waals surface area contributed by atoms with E-state index >= 15 is 0 Å². The van der Waals surface area contributed by atoms with Gasteiger partial charge in [0.25, 0.3) is 5.91 Å². The van der Waals surface area contributed by atoms with E-state index < -0.39 is 5.54 Å². The van der Waals surface area contributed by atoms with Crippen molar-refractivity contribution in [3.63, 3.8) is 0 Å². The van der Waals surface area contributed by atoms with Crippen molar-refractivity contribution in [1.29, 1.82) is 0 Å². The molecular formula is C18H24N2O2S. The number of carbonyl (C=O) groups is 1. The lowest BCUT2D eigenvalue weighted by Gasteiger charge is -2.23. The number of carbonyl (C=O) groups excluding carboxylic acids is 1. The van der Waals surface area contributed by atoms with Crippen LogP contribution >= 0.6 is 11.3 Å². The fraction of sp³-hybridized carbons (Fsp3) is 0.444. The highest BCUT2D eigenvalue weighted by Crippen LogP contribution is 2.23. The summed E-state index contributed by atoms with van der Waals surface area (Å²) in [6, 6.07) is 7.26. The molecule has 4 nitrogen and oxygen atoms in total. The van der Waals surface area contributed by atoms with Crippen molar-refractivity contribution >= 4 is 17.2 Å². The van der Waals surface area contributed by atoms with Gasteiger partial charge in [0.05, 0.1) is 12.1 Å². The molecule has 0 fully saturated rings. The molecule has 1 N–H and O–H groups in total. The van der Waals surface area contributed by atoms with Crippen LogP contribution in [0, 0.1) is 5.92 Å². The third-order valence-corrected chi connectivity index (χ3v) is 4.57. The normalized spacial score (nSPS) is 11.5. The Balaban J connectivity index is 1.95. The summed E-state index contributed by atoms with van der Waals surface area (Å²) in [4.78, 5) is 16.7. The molecule has 1 aromatic heterocycles. The van der Waals surface area contributed by atoms with Crippen LogP contribution in [-0.2, 0) is 5.54 Å². The zero-order chi connectivity index (χ0) is 16.9. The average molecular weight is 332 g/mol. The van der Waals surface area contributed by atoms with Crippen LogP contribution in [0.2, 0.25) is 0 Å². The molecule has 23 heavy (non-hydrogen) atoms. The summed E-state index contributed by atoms with van der Waals surface area (Å²) >= 11 is 1.53. The molecule has 0 saturated heterocycles. The summed E-state index contributed by atoms with van der Waals surface area (Å²) < 4.78 is 5.67. The number of thiazole rings is 1. The lowest BCUT2D eigenvalue weighted by molar-refractivity contribution is 0.0912. The topological polar surface area (TPSA) is 51.2 Å². The smallest absolute Gasteiger partial charge is 0.252 e. The number of hydrogen-bond acceptors (Lipinski definition) is 4. The number of nitrogens with zero attached hydrogens (tertiary/aromatic N) is 1. The summed E-state index contributed by atoms with van der Waals surface area (Å²) in [5.41, 5.74) is 0.128. The molecule has 2 aromatic rings. The van der Waals surface area contributed by atoms with Crippen LogP contribution in [-0.4, -0.2) is 17.5 Å². The maximum absolute atomic E-state index is 12.4. The zero-order valence-corrected chi connectivity index (χ0v) is 14.9. The predicted octanol–water partition coefficient (Wildman–Crippen LogP) is 4.23. The summed E-state index contributed by atoms with van der Waals surface area (Å²) in [5, 5.41) is 5.82. The van der Waals surface area contributed by atoms with Crippen LogP contribution in [0.3, 0.4) is 0 Å². The Labute approximate surface area is 141 Å². The van der Waals surface area contributed by atoms with Crippen molar-refractivity contribution in [3.05, 3.63) is 46.4 Å². The minimum Gasteiger partial charge on any atom is -0.494 e. The van der Waals surface area contributed by atoms with E-state index in [0.29, 0.717) is 18.1 Å². The number of amides is 1. The summed E-state index contributed by atoms with van der Waals surface area (Å²) in [6.45, 7) is 8.93. The Hall–Kier alpha value is -1.88. The molecule has 5 heteroatoms. The van der Waals surface area contributed by atoms with E-state index in [9.17, 15) is 4.79 Å². The second-order valence-electron chi connectivity index (χ2n) is 6.47. The van der Waals surface area contributed by atoms with Gasteiger partial charge >= 0.3 is 0 Å². The van der Waals surface area contributed by atoms with E-state index in [1.807, 2.05) is 31.4 Å². The monoisotopic (exact) mass is 332 g/mol. The van der Waals surface area contributed by atoms with Gasteiger partial charge in [-0.1, -0.05) is 13.8 Å². The maximum Gasteiger partial charge on any atom is 0.252 e. The van der Waals surface area contributed by atoms with Crippen molar-refractivity contribution in [2.45, 2.75) is 39.7 Å². The van der Waals surface area contributed by atoms with Gasteiger partial charge in [0, 0.05) is 17.1 Å². The van der Waals surface area contributed by atoms with Gasteiger partial charge in [0.2, 0.25) is 0 Å². The Morgan fingerprint density at radius 2 is 2.00 bits per heavy atom. The molecule has 0 aliphatic carbocycles. The molecule has 0 aliphatic rings. The molecule has 1 aromatic carbocycles. The van der Waals surface area contributed by atoms with Crippen molar-refractivity contribution in [1.82, 2.24) is 10.3 Å². The molecule has 124 valence electrons. The molecule has 0 aliphatic heterocycles. The number of aromatic nitrogens is 1. The predicted molar refractivity (Wildman–Crippen MR) is 94.0 cm³/mol. The first-order chi connectivity index (χ1) is 10.9. The molecule has 0 atom stereocenters. The van der Waals surface area contributed by atoms with Crippen LogP contribution in [0.4, 0.5) is 0 Å². The molecule has 1 amide bonds. The van der Waals surface area contributed by atoms with Gasteiger partial charge in [-0.15, -0.1) is 11.3 Å². The zero-order valence-electron chi connectivity index (χ0n) is 14.1. The molecular weight excluding hydrogens is 308 g/mol. The number of benzene rings is 1. The fourth-order valence-electron chi connectivity index (χ4n) is 2.06. The van der Waals surface area contributed by atoms with Gasteiger partial charge in [0.15, 0.2) is 0 Å². The van der Waals surface area contributed by atoms with E-state index in [4.69, 9.17) is 4.74 Å². The van der Waals surface area contributed by atoms with Crippen molar-refractivity contribution < 1.29 is 9.53 Å². The van der Waals surface area contributed by atoms with E-state index in [1.165, 1.54) is 11.3 Å². The minimum absolute atomic E-state index is 0.112. The highest BCUT2D eigenvalue weighted by molar-refractivity contribution is 7.09. The first-order valence-corrected chi connectivity index (χ1v) is 8.72. The highest BCUT2D eigenvalue weighted by atomic mass is 32.1. The molecule has 0 spiro atoms. The summed E-state index contributed by atoms with van der Waals surface area (Å²) in [7, 11) is 0. The lowest BCUT2D eigenvalue weighted by Crippen LogP contribution is -2.40. The number of hydrogen-bond donors (Lipinski definition) is 1. The first-order valence-electron chi connectivity index (χ1n) is 7.84. The van der Waals surface area contributed by atoms with Gasteiger partial charge in [-0.2, -0.15) is 0 Å². The lowest BCUT2D eigenvalue weighted by atomic mass is 10.1. The Morgan fingerprint density at radius 3 is 2.57 bits per heavy atom. The highest BCUT2D eigenvalue weighted by Gasteiger charge is 2.25. The van der Waals surface area contributed by atoms with Gasteiger partial charge in [-0.3, -0.25) is 4.79 Å². The van der Waals surface area contributed by atoms with Crippen LogP contribution in [0.15, 0.2) is 35.8 Å². The Bertz CT molecular complexity index is 619. The third kappa shape index (κ3) is 5.06. The quantitative estimate of drug-likeness (QED) is 0.825. The standard InChI is InChI=1S/C18H24N2O2S/c1-13(2)9-11-22-15-7-5-14(6-8-15)16(21)20-18(3,4)17-19-10-12-23-17/h5-8,10,12-13H,9,11H2,1-4H3,(H,20,21). The number of ether oxygens (including phenoxy) is 1. The maximum atomic E-state index is 12.4. The van der Waals surface area contributed by atoms with Crippen LogP contribution in [0.25, 0.3) is 0 Å². The van der Waals surface area contributed by atoms with Crippen LogP contribution < -0.4 is 10.1 Å². The largest absolute Gasteiger partial charge is 0.494 e. The second kappa shape index (κ2) is 7.59. The van der Waals surface area contributed by atoms with Gasteiger partial charge < -0.3 is 10.1 Å². The van der Waals surface area contributed by atoms with Gasteiger partial charge in [-0.25, -0.2) is 4.98 Å². The minimum atomic E-state index is -0.488. The van der Waals surface area contributed by atoms with Crippen molar-refractivity contribution in [2.24, 2.45) is 5.92 Å². The van der Waals surface area contributed by atoms with Crippen LogP contribution in [0.5, 0.6) is 5.75 Å². The molecule has 2 rings (SSSR count). The summed E-state index contributed by atoms with van der Waals surface area (Å²) in [5.74, 6) is 1.30. The second-order valence-corrected chi connectivity index (χ2v) is 7.37. The van der Waals surface area contributed by atoms with Crippen molar-refractivity contribution in [2.75, 3.05) is 6.61 Å². The van der Waals surface area contributed by atoms with E-state index in [-0.39, 0.29) is 5.91 Å². The molecule has 0 unspecified atom stereocenters. The molecule has 1 heterocycles. The average Bonchev–Trinajstić information content (AvgIpc) is 3.02. The van der Waals surface area contributed by atoms with E-state index in [0.717, 1.165) is 17.2 Å². The Kier molecular flexibility index (Phi) is 5.77. The van der Waals surface area contributed by atoms with E-state index in [1.54, 1.807) is 18.3 Å². The summed E-state index contributed by atoms with van der Waals surface area (Å²) in [6.07, 6.45) is 2.77. The van der Waals surface area contributed by atoms with Crippen LogP contribution in [0.1, 0.15) is 49.5 Å². The fourth-order valence-corrected chi connectivity index (χ4v) is 2.77. The van der Waals surface area contributed by atoms with Gasteiger partial charge in [0.1, 0.15) is 10.8 Å². The molecule has 0 saturated carbocycles. The number of nitrogens with one attached hydrogen (secondary N) is 1. The molecule has 0 bridgehead atoms.